The predicted molar refractivity (Wildman–Crippen MR) is 97.7 cm³/mol. The smallest absolute Gasteiger partial charge is 0.315 e. The number of nitrogens with zero attached hydrogens (tertiary/aromatic N) is 1. The number of nitrogens with one attached hydrogen (secondary N) is 2. The molecule has 2 saturated carbocycles. The molecule has 3 N–H and O–H groups in total. The van der Waals surface area contributed by atoms with Crippen LogP contribution in [-0.4, -0.2) is 66.4 Å². The molecule has 2 amide bonds. The minimum Gasteiger partial charge on any atom is -0.469 e. The lowest BCUT2D eigenvalue weighted by molar-refractivity contribution is -0.145. The molecular weight excluding hydrogens is 334 g/mol. The molecule has 0 bridgehead atoms. The Balaban J connectivity index is 1.40. The highest BCUT2D eigenvalue weighted by Crippen LogP contribution is 2.32. The van der Waals surface area contributed by atoms with E-state index >= 15 is 0 Å². The standard InChI is InChI=1S/C19H33N3O4/c1-26-18(24)13-11-16(17(23)12-13)22-9-7-15(8-10-22)21-19(25)20-14-5-3-2-4-6-14/h13-17,23H,2-12H2,1H3,(H2,20,21,25)/t13-,16-,17+/m0/s1. The van der Waals surface area contributed by atoms with Crippen molar-refractivity contribution in [1.29, 1.82) is 0 Å². The van der Waals surface area contributed by atoms with Gasteiger partial charge in [-0.15, -0.1) is 0 Å². The van der Waals surface area contributed by atoms with Crippen molar-refractivity contribution >= 4 is 12.0 Å². The van der Waals surface area contributed by atoms with Gasteiger partial charge in [-0.3, -0.25) is 9.69 Å². The highest BCUT2D eigenvalue weighted by molar-refractivity contribution is 5.74. The third-order valence-corrected chi connectivity index (χ3v) is 6.30. The summed E-state index contributed by atoms with van der Waals surface area (Å²) in [5.74, 6) is -0.417. The van der Waals surface area contributed by atoms with Crippen LogP contribution in [0, 0.1) is 5.92 Å². The van der Waals surface area contributed by atoms with Crippen LogP contribution in [0.15, 0.2) is 0 Å². The maximum absolute atomic E-state index is 12.2. The van der Waals surface area contributed by atoms with Crippen molar-refractivity contribution in [3.8, 4) is 0 Å². The molecule has 7 nitrogen and oxygen atoms in total. The molecule has 2 aliphatic carbocycles. The molecule has 3 atom stereocenters. The van der Waals surface area contributed by atoms with Crippen LogP contribution in [0.1, 0.15) is 57.8 Å². The number of urea groups is 1. The fourth-order valence-electron chi connectivity index (χ4n) is 4.78. The van der Waals surface area contributed by atoms with Crippen LogP contribution in [-0.2, 0) is 9.53 Å². The Labute approximate surface area is 155 Å². The molecule has 148 valence electrons. The van der Waals surface area contributed by atoms with Crippen molar-refractivity contribution in [3.63, 3.8) is 0 Å². The number of methoxy groups -OCH3 is 1. The van der Waals surface area contributed by atoms with Crippen LogP contribution in [0.3, 0.4) is 0 Å². The lowest BCUT2D eigenvalue weighted by atomic mass is 9.96. The van der Waals surface area contributed by atoms with Crippen molar-refractivity contribution in [2.24, 2.45) is 5.92 Å². The van der Waals surface area contributed by atoms with E-state index in [1.807, 2.05) is 0 Å². The minimum atomic E-state index is -0.474. The third kappa shape index (κ3) is 4.88. The second-order valence-electron chi connectivity index (χ2n) is 8.09. The van der Waals surface area contributed by atoms with Gasteiger partial charge in [0.25, 0.3) is 0 Å². The Bertz CT molecular complexity index is 487. The van der Waals surface area contributed by atoms with Crippen molar-refractivity contribution in [3.05, 3.63) is 0 Å². The molecule has 1 heterocycles. The third-order valence-electron chi connectivity index (χ3n) is 6.30. The summed E-state index contributed by atoms with van der Waals surface area (Å²) < 4.78 is 4.82. The van der Waals surface area contributed by atoms with Crippen molar-refractivity contribution in [2.45, 2.75) is 82.0 Å². The molecule has 0 aromatic rings. The van der Waals surface area contributed by atoms with E-state index in [9.17, 15) is 14.7 Å². The predicted octanol–water partition coefficient (Wildman–Crippen LogP) is 1.40. The number of hydrogen-bond acceptors (Lipinski definition) is 5. The molecule has 0 aromatic carbocycles. The Kier molecular flexibility index (Phi) is 6.75. The number of aliphatic hydroxyl groups excluding tert-OH is 1. The van der Waals surface area contributed by atoms with Crippen LogP contribution >= 0.6 is 0 Å². The van der Waals surface area contributed by atoms with Gasteiger partial charge in [0, 0.05) is 31.2 Å². The summed E-state index contributed by atoms with van der Waals surface area (Å²) >= 11 is 0. The van der Waals surface area contributed by atoms with Crippen molar-refractivity contribution in [1.82, 2.24) is 15.5 Å². The van der Waals surface area contributed by atoms with Gasteiger partial charge in [0.05, 0.1) is 19.1 Å². The SMILES string of the molecule is COC(=O)[C@@H]1C[C@@H](O)[C@@H](N2CCC(NC(=O)NC3CCCCC3)CC2)C1. The topological polar surface area (TPSA) is 90.9 Å². The first-order valence-electron chi connectivity index (χ1n) is 10.1. The first kappa shape index (κ1) is 19.4. The fraction of sp³-hybridized carbons (Fsp3) is 0.895. The van der Waals surface area contributed by atoms with Gasteiger partial charge in [0.2, 0.25) is 0 Å². The lowest BCUT2D eigenvalue weighted by Gasteiger charge is -2.37. The molecule has 26 heavy (non-hydrogen) atoms. The number of esters is 1. The molecule has 1 saturated heterocycles. The molecule has 3 fully saturated rings. The van der Waals surface area contributed by atoms with Crippen molar-refractivity contribution < 1.29 is 19.4 Å². The molecule has 1 aliphatic heterocycles. The number of likely N-dealkylation sites (tertiary alicyclic amines) is 1. The van der Waals surface area contributed by atoms with E-state index in [-0.39, 0.29) is 30.0 Å². The van der Waals surface area contributed by atoms with Gasteiger partial charge in [0.15, 0.2) is 0 Å². The van der Waals surface area contributed by atoms with Crippen LogP contribution in [0.4, 0.5) is 4.79 Å². The molecule has 3 aliphatic rings. The first-order valence-corrected chi connectivity index (χ1v) is 10.1. The number of carbonyl (C=O) groups excluding carboxylic acids is 2. The zero-order valence-corrected chi connectivity index (χ0v) is 15.8. The largest absolute Gasteiger partial charge is 0.469 e. The van der Waals surface area contributed by atoms with E-state index in [0.29, 0.717) is 18.9 Å². The summed E-state index contributed by atoms with van der Waals surface area (Å²) in [4.78, 5) is 26.2. The zero-order valence-electron chi connectivity index (χ0n) is 15.8. The zero-order chi connectivity index (χ0) is 18.5. The quantitative estimate of drug-likeness (QED) is 0.654. The van der Waals surface area contributed by atoms with E-state index in [4.69, 9.17) is 4.74 Å². The molecular formula is C19H33N3O4. The molecule has 0 spiro atoms. The average Bonchev–Trinajstić information content (AvgIpc) is 3.04. The van der Waals surface area contributed by atoms with Gasteiger partial charge in [-0.2, -0.15) is 0 Å². The number of aliphatic hydroxyl groups is 1. The van der Waals surface area contributed by atoms with Gasteiger partial charge in [-0.05, 0) is 38.5 Å². The minimum absolute atomic E-state index is 0.0242. The molecule has 0 unspecified atom stereocenters. The second-order valence-corrected chi connectivity index (χ2v) is 8.09. The molecule has 0 radical (unpaired) electrons. The molecule has 3 rings (SSSR count). The normalized spacial score (nSPS) is 31.5. The highest BCUT2D eigenvalue weighted by Gasteiger charge is 2.41. The summed E-state index contributed by atoms with van der Waals surface area (Å²) in [7, 11) is 1.40. The monoisotopic (exact) mass is 367 g/mol. The van der Waals surface area contributed by atoms with E-state index in [2.05, 4.69) is 15.5 Å². The summed E-state index contributed by atoms with van der Waals surface area (Å²) in [5, 5.41) is 16.5. The van der Waals surface area contributed by atoms with Gasteiger partial charge >= 0.3 is 12.0 Å². The summed E-state index contributed by atoms with van der Waals surface area (Å²) in [6.45, 7) is 1.67. The number of piperidine rings is 1. The van der Waals surface area contributed by atoms with Gasteiger partial charge in [-0.1, -0.05) is 19.3 Å². The van der Waals surface area contributed by atoms with Gasteiger partial charge in [-0.25, -0.2) is 4.79 Å². The Morgan fingerprint density at radius 1 is 0.962 bits per heavy atom. The fourth-order valence-corrected chi connectivity index (χ4v) is 4.78. The number of ether oxygens (including phenoxy) is 1. The summed E-state index contributed by atoms with van der Waals surface area (Å²) in [6.07, 6.45) is 8.31. The van der Waals surface area contributed by atoms with Gasteiger partial charge < -0.3 is 20.5 Å². The summed E-state index contributed by atoms with van der Waals surface area (Å²) in [5.41, 5.74) is 0. The van der Waals surface area contributed by atoms with E-state index in [0.717, 1.165) is 38.8 Å². The van der Waals surface area contributed by atoms with Crippen LogP contribution in [0.5, 0.6) is 0 Å². The lowest BCUT2D eigenvalue weighted by Crippen LogP contribution is -2.52. The van der Waals surface area contributed by atoms with Crippen LogP contribution in [0.25, 0.3) is 0 Å². The Morgan fingerprint density at radius 2 is 1.58 bits per heavy atom. The maximum Gasteiger partial charge on any atom is 0.315 e. The second kappa shape index (κ2) is 9.04. The number of carbonyl (C=O) groups is 2. The highest BCUT2D eigenvalue weighted by atomic mass is 16.5. The van der Waals surface area contributed by atoms with Crippen LogP contribution in [0.2, 0.25) is 0 Å². The number of amides is 2. The van der Waals surface area contributed by atoms with E-state index in [1.165, 1.54) is 26.4 Å². The van der Waals surface area contributed by atoms with E-state index < -0.39 is 6.10 Å². The molecule has 0 aromatic heterocycles. The summed E-state index contributed by atoms with van der Waals surface area (Å²) in [6, 6.07) is 0.496. The Morgan fingerprint density at radius 3 is 2.19 bits per heavy atom. The van der Waals surface area contributed by atoms with Gasteiger partial charge in [0.1, 0.15) is 0 Å². The number of rotatable bonds is 4. The molecule has 7 heteroatoms. The number of hydrogen-bond donors (Lipinski definition) is 3. The first-order chi connectivity index (χ1) is 12.6. The van der Waals surface area contributed by atoms with E-state index in [1.54, 1.807) is 0 Å². The average molecular weight is 367 g/mol. The maximum atomic E-state index is 12.2. The Hall–Kier alpha value is -1.34. The van der Waals surface area contributed by atoms with Crippen LogP contribution < -0.4 is 10.6 Å². The van der Waals surface area contributed by atoms with Crippen molar-refractivity contribution in [2.75, 3.05) is 20.2 Å².